The van der Waals surface area contributed by atoms with Crippen molar-refractivity contribution in [2.75, 3.05) is 20.1 Å². The number of hydrogen-bond donors (Lipinski definition) is 1. The van der Waals surface area contributed by atoms with Gasteiger partial charge in [0.25, 0.3) is 0 Å². The number of aromatic nitrogens is 2. The highest BCUT2D eigenvalue weighted by Gasteiger charge is 2.32. The van der Waals surface area contributed by atoms with Crippen LogP contribution in [0.4, 0.5) is 13.2 Å². The van der Waals surface area contributed by atoms with Gasteiger partial charge in [0.1, 0.15) is 5.75 Å². The Hall–Kier alpha value is -2.19. The lowest BCUT2D eigenvalue weighted by molar-refractivity contribution is -0.137. The Morgan fingerprint density at radius 1 is 1.26 bits per heavy atom. The summed E-state index contributed by atoms with van der Waals surface area (Å²) in [5, 5.41) is 18.2. The molecule has 1 aromatic heterocycles. The molecule has 1 fully saturated rings. The van der Waals surface area contributed by atoms with Gasteiger partial charge >= 0.3 is 6.18 Å². The first-order valence-electron chi connectivity index (χ1n) is 8.78. The van der Waals surface area contributed by atoms with E-state index in [1.54, 1.807) is 12.1 Å². The number of halogens is 3. The van der Waals surface area contributed by atoms with E-state index in [0.717, 1.165) is 32.0 Å². The summed E-state index contributed by atoms with van der Waals surface area (Å²) in [5.41, 5.74) is 0.593. The molecule has 3 rings (SSSR count). The normalized spacial score (nSPS) is 18.6. The molecule has 27 heavy (non-hydrogen) atoms. The lowest BCUT2D eigenvalue weighted by atomic mass is 10.0. The molecule has 0 amide bonds. The highest BCUT2D eigenvalue weighted by atomic mass is 19.4. The topological polar surface area (TPSA) is 58.5 Å². The molecule has 2 heterocycles. The van der Waals surface area contributed by atoms with Crippen LogP contribution >= 0.6 is 0 Å². The smallest absolute Gasteiger partial charge is 0.416 e. The van der Waals surface area contributed by atoms with Gasteiger partial charge in [-0.2, -0.15) is 23.4 Å². The van der Waals surface area contributed by atoms with Crippen molar-refractivity contribution in [3.63, 3.8) is 0 Å². The molecule has 0 saturated carbocycles. The Morgan fingerprint density at radius 3 is 2.63 bits per heavy atom. The molecule has 0 bridgehead atoms. The Morgan fingerprint density at radius 2 is 2.04 bits per heavy atom. The highest BCUT2D eigenvalue weighted by Crippen LogP contribution is 2.38. The molecule has 1 saturated heterocycles. The van der Waals surface area contributed by atoms with Crippen LogP contribution in [0.5, 0.6) is 5.75 Å². The Labute approximate surface area is 155 Å². The summed E-state index contributed by atoms with van der Waals surface area (Å²) in [6.45, 7) is 3.78. The van der Waals surface area contributed by atoms with Crippen molar-refractivity contribution in [3.05, 3.63) is 41.1 Å². The predicted octanol–water partition coefficient (Wildman–Crippen LogP) is 3.79. The maximum atomic E-state index is 12.8. The van der Waals surface area contributed by atoms with E-state index < -0.39 is 17.5 Å². The van der Waals surface area contributed by atoms with Gasteiger partial charge in [-0.05, 0) is 63.2 Å². The molecule has 0 aliphatic carbocycles. The number of benzene rings is 1. The fourth-order valence-electron chi connectivity index (χ4n) is 3.29. The molecule has 1 aromatic carbocycles. The van der Waals surface area contributed by atoms with Crippen LogP contribution in [0.3, 0.4) is 0 Å². The van der Waals surface area contributed by atoms with Crippen LogP contribution in [0.15, 0.2) is 24.3 Å². The number of likely N-dealkylation sites (tertiary alicyclic amines) is 1. The summed E-state index contributed by atoms with van der Waals surface area (Å²) < 4.78 is 44.4. The van der Waals surface area contributed by atoms with Crippen LogP contribution in [0.2, 0.25) is 0 Å². The van der Waals surface area contributed by atoms with Crippen LogP contribution in [0.25, 0.3) is 11.3 Å². The minimum Gasteiger partial charge on any atom is -0.507 e. The van der Waals surface area contributed by atoms with E-state index in [0.29, 0.717) is 24.1 Å². The second kappa shape index (κ2) is 7.82. The average Bonchev–Trinajstić information content (AvgIpc) is 2.60. The van der Waals surface area contributed by atoms with Crippen molar-refractivity contribution in [2.24, 2.45) is 0 Å². The molecule has 1 aliphatic heterocycles. The average molecular weight is 381 g/mol. The molecule has 5 nitrogen and oxygen atoms in total. The zero-order valence-electron chi connectivity index (χ0n) is 15.3. The molecule has 0 spiro atoms. The highest BCUT2D eigenvalue weighted by molar-refractivity contribution is 5.71. The third-order valence-electron chi connectivity index (χ3n) is 4.67. The quantitative estimate of drug-likeness (QED) is 0.873. The number of aromatic hydroxyl groups is 1. The van der Waals surface area contributed by atoms with Gasteiger partial charge in [-0.25, -0.2) is 0 Å². The zero-order valence-corrected chi connectivity index (χ0v) is 15.3. The molecule has 1 N–H and O–H groups in total. The summed E-state index contributed by atoms with van der Waals surface area (Å²) in [4.78, 5) is 2.22. The number of aryl methyl sites for hydroxylation is 1. The fraction of sp³-hybridized carbons (Fsp3) is 0.474. The van der Waals surface area contributed by atoms with E-state index in [1.807, 2.05) is 0 Å². The maximum Gasteiger partial charge on any atom is 0.416 e. The summed E-state index contributed by atoms with van der Waals surface area (Å²) in [7, 11) is 2.06. The largest absolute Gasteiger partial charge is 0.507 e. The number of nitrogens with zero attached hydrogens (tertiary/aromatic N) is 3. The standard InChI is InChI=1S/C19H22F3N3O2/c1-12-8-13(19(20,21)22)9-17(26)18(12)16-6-5-14(23-24-16)11-27-15-4-3-7-25(2)10-15/h5-6,8-9,15,26H,3-4,7,10-11H2,1-2H3. The Bertz CT molecular complexity index is 771. The number of rotatable bonds is 4. The van der Waals surface area contributed by atoms with Crippen LogP contribution in [-0.2, 0) is 17.5 Å². The van der Waals surface area contributed by atoms with Crippen LogP contribution in [-0.4, -0.2) is 46.4 Å². The van der Waals surface area contributed by atoms with Crippen molar-refractivity contribution in [1.29, 1.82) is 0 Å². The third-order valence-corrected chi connectivity index (χ3v) is 4.67. The molecule has 1 unspecified atom stereocenters. The molecule has 1 atom stereocenters. The van der Waals surface area contributed by atoms with Crippen molar-refractivity contribution >= 4 is 0 Å². The van der Waals surface area contributed by atoms with Crippen molar-refractivity contribution in [3.8, 4) is 17.0 Å². The van der Waals surface area contributed by atoms with Crippen LogP contribution < -0.4 is 0 Å². The summed E-state index contributed by atoms with van der Waals surface area (Å²) in [6, 6.07) is 5.05. The van der Waals surface area contributed by atoms with Gasteiger partial charge in [0.2, 0.25) is 0 Å². The maximum absolute atomic E-state index is 12.8. The van der Waals surface area contributed by atoms with E-state index in [9.17, 15) is 18.3 Å². The first kappa shape index (κ1) is 19.6. The minimum atomic E-state index is -4.51. The first-order valence-corrected chi connectivity index (χ1v) is 8.78. The third kappa shape index (κ3) is 4.75. The number of alkyl halides is 3. The van der Waals surface area contributed by atoms with Crippen molar-refractivity contribution in [1.82, 2.24) is 15.1 Å². The second-order valence-corrected chi connectivity index (χ2v) is 6.93. The lowest BCUT2D eigenvalue weighted by Crippen LogP contribution is -2.36. The van der Waals surface area contributed by atoms with Gasteiger partial charge < -0.3 is 14.7 Å². The lowest BCUT2D eigenvalue weighted by Gasteiger charge is -2.29. The zero-order chi connectivity index (χ0) is 19.6. The fourth-order valence-corrected chi connectivity index (χ4v) is 3.29. The number of likely N-dealkylation sites (N-methyl/N-ethyl adjacent to an activating group) is 1. The molecular formula is C19H22F3N3O2. The van der Waals surface area contributed by atoms with E-state index in [-0.39, 0.29) is 17.2 Å². The number of piperidine rings is 1. The number of phenolic OH excluding ortho intramolecular Hbond substituents is 1. The summed E-state index contributed by atoms with van der Waals surface area (Å²) in [5.74, 6) is -0.467. The Balaban J connectivity index is 1.72. The summed E-state index contributed by atoms with van der Waals surface area (Å²) >= 11 is 0. The monoisotopic (exact) mass is 381 g/mol. The van der Waals surface area contributed by atoms with Gasteiger partial charge in [0, 0.05) is 12.1 Å². The summed E-state index contributed by atoms with van der Waals surface area (Å²) in [6.07, 6.45) is -2.25. The number of hydrogen-bond acceptors (Lipinski definition) is 5. The SMILES string of the molecule is Cc1cc(C(F)(F)F)cc(O)c1-c1ccc(COC2CCCN(C)C2)nn1. The molecule has 1 aliphatic rings. The van der Waals surface area contributed by atoms with E-state index in [4.69, 9.17) is 4.74 Å². The predicted molar refractivity (Wildman–Crippen MR) is 94.2 cm³/mol. The Kier molecular flexibility index (Phi) is 5.67. The van der Waals surface area contributed by atoms with Crippen molar-refractivity contribution in [2.45, 2.75) is 38.7 Å². The molecule has 2 aromatic rings. The van der Waals surface area contributed by atoms with Gasteiger partial charge in [0.05, 0.1) is 29.7 Å². The number of phenols is 1. The molecule has 146 valence electrons. The van der Waals surface area contributed by atoms with Gasteiger partial charge in [-0.15, -0.1) is 0 Å². The molecule has 0 radical (unpaired) electrons. The van der Waals surface area contributed by atoms with E-state index in [1.165, 1.54) is 6.92 Å². The van der Waals surface area contributed by atoms with Crippen LogP contribution in [0, 0.1) is 6.92 Å². The second-order valence-electron chi connectivity index (χ2n) is 6.93. The number of ether oxygens (including phenoxy) is 1. The van der Waals surface area contributed by atoms with E-state index in [2.05, 4.69) is 22.1 Å². The molecular weight excluding hydrogens is 359 g/mol. The molecule has 8 heteroatoms. The first-order chi connectivity index (χ1) is 12.7. The van der Waals surface area contributed by atoms with Gasteiger partial charge in [-0.1, -0.05) is 0 Å². The van der Waals surface area contributed by atoms with Crippen LogP contribution in [0.1, 0.15) is 29.7 Å². The van der Waals surface area contributed by atoms with E-state index >= 15 is 0 Å². The van der Waals surface area contributed by atoms with Gasteiger partial charge in [0.15, 0.2) is 0 Å². The van der Waals surface area contributed by atoms with Gasteiger partial charge in [-0.3, -0.25) is 0 Å². The minimum absolute atomic E-state index is 0.159. The van der Waals surface area contributed by atoms with Crippen molar-refractivity contribution < 1.29 is 23.0 Å².